The Morgan fingerprint density at radius 2 is 1.74 bits per heavy atom. The number of pyridine rings is 1. The number of nitrogens with one attached hydrogen (secondary N) is 1. The van der Waals surface area contributed by atoms with Crippen molar-refractivity contribution in [2.75, 3.05) is 26.2 Å². The Hall–Kier alpha value is -3.36. The molecule has 5 rings (SSSR count). The van der Waals surface area contributed by atoms with Crippen molar-refractivity contribution in [3.63, 3.8) is 0 Å². The SMILES string of the molecule is Cc1ccc2cc(C(c3nnnn3C(C)(C)C)N3CCN(Cc4ccccc4)CC3)c(=O)[nH]c2c1. The van der Waals surface area contributed by atoms with Crippen LogP contribution >= 0.6 is 0 Å². The van der Waals surface area contributed by atoms with Crippen molar-refractivity contribution in [1.82, 2.24) is 35.0 Å². The minimum atomic E-state index is -0.336. The van der Waals surface area contributed by atoms with E-state index >= 15 is 0 Å². The third-order valence-electron chi connectivity index (χ3n) is 6.72. The molecule has 0 aliphatic carbocycles. The zero-order valence-electron chi connectivity index (χ0n) is 20.9. The molecule has 0 amide bonds. The van der Waals surface area contributed by atoms with Crippen LogP contribution in [0.3, 0.4) is 0 Å². The fraction of sp³-hybridized carbons (Fsp3) is 0.407. The molecule has 1 atom stereocenters. The normalized spacial score (nSPS) is 16.6. The lowest BCUT2D eigenvalue weighted by Crippen LogP contribution is -2.49. The smallest absolute Gasteiger partial charge is 0.253 e. The minimum absolute atomic E-state index is 0.0942. The first-order valence-corrected chi connectivity index (χ1v) is 12.2. The van der Waals surface area contributed by atoms with Gasteiger partial charge in [0.15, 0.2) is 5.82 Å². The van der Waals surface area contributed by atoms with Crippen molar-refractivity contribution in [1.29, 1.82) is 0 Å². The van der Waals surface area contributed by atoms with Gasteiger partial charge in [0.25, 0.3) is 5.56 Å². The Morgan fingerprint density at radius 1 is 1.00 bits per heavy atom. The highest BCUT2D eigenvalue weighted by Gasteiger charge is 2.34. The molecule has 1 aliphatic rings. The second-order valence-electron chi connectivity index (χ2n) is 10.5. The number of H-pyrrole nitrogens is 1. The molecule has 4 aromatic rings. The van der Waals surface area contributed by atoms with Gasteiger partial charge in [0.1, 0.15) is 6.04 Å². The molecule has 0 radical (unpaired) electrons. The highest BCUT2D eigenvalue weighted by molar-refractivity contribution is 5.79. The zero-order chi connectivity index (χ0) is 24.6. The van der Waals surface area contributed by atoms with Crippen LogP contribution in [0.1, 0.15) is 49.3 Å². The van der Waals surface area contributed by atoms with Gasteiger partial charge in [-0.15, -0.1) is 5.10 Å². The summed E-state index contributed by atoms with van der Waals surface area (Å²) in [6.45, 7) is 12.6. The summed E-state index contributed by atoms with van der Waals surface area (Å²) in [6.07, 6.45) is 0. The van der Waals surface area contributed by atoms with Crippen LogP contribution in [0.15, 0.2) is 59.4 Å². The quantitative estimate of drug-likeness (QED) is 0.480. The van der Waals surface area contributed by atoms with Gasteiger partial charge in [-0.25, -0.2) is 4.68 Å². The van der Waals surface area contributed by atoms with Crippen molar-refractivity contribution in [3.05, 3.63) is 87.5 Å². The second-order valence-corrected chi connectivity index (χ2v) is 10.5. The van der Waals surface area contributed by atoms with Crippen molar-refractivity contribution in [2.45, 2.75) is 45.8 Å². The van der Waals surface area contributed by atoms with E-state index in [-0.39, 0.29) is 17.1 Å². The first-order chi connectivity index (χ1) is 16.8. The van der Waals surface area contributed by atoms with Crippen molar-refractivity contribution < 1.29 is 0 Å². The van der Waals surface area contributed by atoms with Gasteiger partial charge in [-0.05, 0) is 66.8 Å². The number of aromatic nitrogens is 5. The average Bonchev–Trinajstić information content (AvgIpc) is 3.32. The van der Waals surface area contributed by atoms with Gasteiger partial charge in [0, 0.05) is 43.8 Å². The topological polar surface area (TPSA) is 82.9 Å². The number of hydrogen-bond acceptors (Lipinski definition) is 6. The largest absolute Gasteiger partial charge is 0.322 e. The Kier molecular flexibility index (Phi) is 6.25. The van der Waals surface area contributed by atoms with E-state index < -0.39 is 0 Å². The van der Waals surface area contributed by atoms with Crippen LogP contribution in [0, 0.1) is 6.92 Å². The summed E-state index contributed by atoms with van der Waals surface area (Å²) in [5.74, 6) is 0.700. The molecule has 3 heterocycles. The van der Waals surface area contributed by atoms with Crippen LogP contribution in [0.5, 0.6) is 0 Å². The molecule has 35 heavy (non-hydrogen) atoms. The summed E-state index contributed by atoms with van der Waals surface area (Å²) >= 11 is 0. The van der Waals surface area contributed by atoms with Gasteiger partial charge in [0.2, 0.25) is 0 Å². The molecule has 1 N–H and O–H groups in total. The maximum atomic E-state index is 13.4. The van der Waals surface area contributed by atoms with E-state index in [4.69, 9.17) is 0 Å². The third-order valence-corrected chi connectivity index (χ3v) is 6.72. The molecule has 8 heteroatoms. The lowest BCUT2D eigenvalue weighted by atomic mass is 10.0. The summed E-state index contributed by atoms with van der Waals surface area (Å²) in [5.41, 5.74) is 3.55. The van der Waals surface area contributed by atoms with Crippen LogP contribution in [-0.2, 0) is 12.1 Å². The van der Waals surface area contributed by atoms with Gasteiger partial charge in [-0.2, -0.15) is 0 Å². The first kappa shape index (κ1) is 23.4. The minimum Gasteiger partial charge on any atom is -0.322 e. The Labute approximate surface area is 205 Å². The number of piperazine rings is 1. The Morgan fingerprint density at radius 3 is 2.46 bits per heavy atom. The summed E-state index contributed by atoms with van der Waals surface area (Å²) in [7, 11) is 0. The lowest BCUT2D eigenvalue weighted by Gasteiger charge is -2.39. The number of aryl methyl sites for hydroxylation is 1. The molecule has 182 valence electrons. The van der Waals surface area contributed by atoms with E-state index in [1.54, 1.807) is 0 Å². The number of fused-ring (bicyclic) bond motifs is 1. The standard InChI is InChI=1S/C27H33N7O/c1-19-10-11-21-17-22(26(35)28-23(21)16-19)24(25-29-30-31-34(25)27(2,3)4)33-14-12-32(13-15-33)18-20-8-6-5-7-9-20/h5-11,16-17,24H,12-15,18H2,1-4H3,(H,28,35). The van der Waals surface area contributed by atoms with E-state index in [1.807, 2.05) is 29.8 Å². The molecule has 1 saturated heterocycles. The van der Waals surface area contributed by atoms with Gasteiger partial charge in [-0.1, -0.05) is 42.5 Å². The monoisotopic (exact) mass is 471 g/mol. The fourth-order valence-corrected chi connectivity index (χ4v) is 4.90. The number of nitrogens with zero attached hydrogens (tertiary/aromatic N) is 6. The second kappa shape index (κ2) is 9.36. The predicted octanol–water partition coefficient (Wildman–Crippen LogP) is 3.49. The van der Waals surface area contributed by atoms with Crippen molar-refractivity contribution in [3.8, 4) is 0 Å². The maximum Gasteiger partial charge on any atom is 0.253 e. The van der Waals surface area contributed by atoms with Crippen LogP contribution in [-0.4, -0.2) is 61.2 Å². The van der Waals surface area contributed by atoms with Crippen LogP contribution in [0.2, 0.25) is 0 Å². The molecule has 1 unspecified atom stereocenters. The molecule has 1 aliphatic heterocycles. The molecular weight excluding hydrogens is 438 g/mol. The summed E-state index contributed by atoms with van der Waals surface area (Å²) < 4.78 is 1.85. The number of tetrazole rings is 1. The highest BCUT2D eigenvalue weighted by Crippen LogP contribution is 2.30. The van der Waals surface area contributed by atoms with Gasteiger partial charge >= 0.3 is 0 Å². The van der Waals surface area contributed by atoms with Gasteiger partial charge in [-0.3, -0.25) is 14.6 Å². The molecular formula is C27H33N7O. The van der Waals surface area contributed by atoms with Gasteiger partial charge in [0.05, 0.1) is 5.54 Å². The van der Waals surface area contributed by atoms with Crippen LogP contribution in [0.4, 0.5) is 0 Å². The zero-order valence-corrected chi connectivity index (χ0v) is 20.9. The number of rotatable bonds is 5. The Bertz CT molecular complexity index is 1360. The predicted molar refractivity (Wildman–Crippen MR) is 137 cm³/mol. The Balaban J connectivity index is 1.51. The van der Waals surface area contributed by atoms with Gasteiger partial charge < -0.3 is 4.98 Å². The summed E-state index contributed by atoms with van der Waals surface area (Å²) in [5, 5.41) is 13.8. The fourth-order valence-electron chi connectivity index (χ4n) is 4.90. The van der Waals surface area contributed by atoms with E-state index in [9.17, 15) is 4.79 Å². The van der Waals surface area contributed by atoms with E-state index in [0.29, 0.717) is 11.4 Å². The van der Waals surface area contributed by atoms with Crippen molar-refractivity contribution in [2.24, 2.45) is 0 Å². The maximum absolute atomic E-state index is 13.4. The molecule has 0 spiro atoms. The van der Waals surface area contributed by atoms with E-state index in [0.717, 1.165) is 49.2 Å². The number of aromatic amines is 1. The first-order valence-electron chi connectivity index (χ1n) is 12.2. The molecule has 0 bridgehead atoms. The molecule has 1 fully saturated rings. The van der Waals surface area contributed by atoms with Crippen LogP contribution < -0.4 is 5.56 Å². The van der Waals surface area contributed by atoms with Crippen LogP contribution in [0.25, 0.3) is 10.9 Å². The summed E-state index contributed by atoms with van der Waals surface area (Å²) in [6, 6.07) is 18.4. The third kappa shape index (κ3) is 4.90. The van der Waals surface area contributed by atoms with Crippen molar-refractivity contribution >= 4 is 10.9 Å². The number of benzene rings is 2. The molecule has 8 nitrogen and oxygen atoms in total. The summed E-state index contributed by atoms with van der Waals surface area (Å²) in [4.78, 5) is 21.3. The van der Waals surface area contributed by atoms with E-state index in [2.05, 4.69) is 87.5 Å². The number of hydrogen-bond donors (Lipinski definition) is 1. The average molecular weight is 472 g/mol. The molecule has 2 aromatic carbocycles. The highest BCUT2D eigenvalue weighted by atomic mass is 16.1. The lowest BCUT2D eigenvalue weighted by molar-refractivity contribution is 0.0975. The molecule has 2 aromatic heterocycles. The molecule has 0 saturated carbocycles. The van der Waals surface area contributed by atoms with E-state index in [1.165, 1.54) is 5.56 Å².